The monoisotopic (exact) mass is 296 g/mol. The molecule has 0 aliphatic heterocycles. The molecule has 0 saturated heterocycles. The molecule has 0 aliphatic carbocycles. The van der Waals surface area contributed by atoms with Crippen LogP contribution < -0.4 is 11.1 Å². The first-order valence-corrected chi connectivity index (χ1v) is 7.09. The molecule has 0 radical (unpaired) electrons. The van der Waals surface area contributed by atoms with Crippen LogP contribution in [0, 0.1) is 5.82 Å². The highest BCUT2D eigenvalue weighted by Gasteiger charge is 2.21. The van der Waals surface area contributed by atoms with Crippen LogP contribution in [0.15, 0.2) is 18.2 Å². The van der Waals surface area contributed by atoms with Gasteiger partial charge >= 0.3 is 0 Å². The molecule has 2 rings (SSSR count). The highest BCUT2D eigenvalue weighted by Crippen LogP contribution is 2.33. The third-order valence-electron chi connectivity index (χ3n) is 2.99. The Morgan fingerprint density at radius 3 is 2.95 bits per heavy atom. The molecule has 20 heavy (non-hydrogen) atoms. The summed E-state index contributed by atoms with van der Waals surface area (Å²) in [5.74, 6) is -0.577. The Bertz CT molecular complexity index is 627. The van der Waals surface area contributed by atoms with Gasteiger partial charge < -0.3 is 15.8 Å². The van der Waals surface area contributed by atoms with E-state index in [1.54, 1.807) is 12.1 Å². The Morgan fingerprint density at radius 2 is 2.30 bits per heavy atom. The van der Waals surface area contributed by atoms with Crippen LogP contribution in [0.2, 0.25) is 0 Å². The zero-order chi connectivity index (χ0) is 14.7. The van der Waals surface area contributed by atoms with Crippen LogP contribution in [0.3, 0.4) is 0 Å². The average Bonchev–Trinajstić information content (AvgIpc) is 2.79. The van der Waals surface area contributed by atoms with Crippen LogP contribution in [-0.4, -0.2) is 25.6 Å². The number of carbonyl (C=O) groups excluding carboxylic acids is 1. The summed E-state index contributed by atoms with van der Waals surface area (Å²) >= 11 is 1.27. The molecule has 1 heterocycles. The van der Waals surface area contributed by atoms with Gasteiger partial charge in [0, 0.05) is 35.3 Å². The van der Waals surface area contributed by atoms with Crippen molar-refractivity contribution in [1.29, 1.82) is 0 Å². The Morgan fingerprint density at radius 1 is 1.55 bits per heavy atom. The van der Waals surface area contributed by atoms with Crippen LogP contribution in [0.1, 0.15) is 22.2 Å². The zero-order valence-electron chi connectivity index (χ0n) is 11.4. The maximum Gasteiger partial charge on any atom is 0.262 e. The summed E-state index contributed by atoms with van der Waals surface area (Å²) in [6, 6.07) is 4.69. The molecule has 1 aromatic carbocycles. The molecule has 1 atom stereocenters. The van der Waals surface area contributed by atoms with E-state index in [2.05, 4.69) is 5.32 Å². The summed E-state index contributed by atoms with van der Waals surface area (Å²) in [6.45, 7) is 2.37. The topological polar surface area (TPSA) is 64.3 Å². The van der Waals surface area contributed by atoms with Gasteiger partial charge in [-0.2, -0.15) is 0 Å². The number of thiophene rings is 1. The number of nitrogens with two attached hydrogens (primary N) is 1. The molecule has 4 nitrogen and oxygen atoms in total. The third kappa shape index (κ3) is 2.82. The van der Waals surface area contributed by atoms with Crippen molar-refractivity contribution in [3.05, 3.63) is 34.5 Å². The number of nitrogens with one attached hydrogen (secondary N) is 1. The predicted molar refractivity (Wildman–Crippen MR) is 78.5 cm³/mol. The van der Waals surface area contributed by atoms with E-state index in [9.17, 15) is 9.18 Å². The van der Waals surface area contributed by atoms with Crippen LogP contribution in [0.4, 0.5) is 4.39 Å². The molecule has 1 aromatic heterocycles. The maximum absolute atomic E-state index is 14.0. The van der Waals surface area contributed by atoms with Gasteiger partial charge in [0.15, 0.2) is 0 Å². The molecule has 3 N–H and O–H groups in total. The van der Waals surface area contributed by atoms with E-state index in [0.717, 1.165) is 4.70 Å². The molecule has 0 saturated carbocycles. The van der Waals surface area contributed by atoms with E-state index in [4.69, 9.17) is 10.5 Å². The Hall–Kier alpha value is -1.50. The maximum atomic E-state index is 14.0. The molecule has 0 unspecified atom stereocenters. The quantitative estimate of drug-likeness (QED) is 0.889. The van der Waals surface area contributed by atoms with Crippen molar-refractivity contribution in [1.82, 2.24) is 5.32 Å². The first-order valence-electron chi connectivity index (χ1n) is 6.28. The second kappa shape index (κ2) is 6.30. The Balaban J connectivity index is 2.49. The van der Waals surface area contributed by atoms with Crippen molar-refractivity contribution in [3.8, 4) is 0 Å². The van der Waals surface area contributed by atoms with Crippen LogP contribution in [-0.2, 0) is 11.3 Å². The van der Waals surface area contributed by atoms with Gasteiger partial charge in [-0.1, -0.05) is 6.07 Å². The zero-order valence-corrected chi connectivity index (χ0v) is 12.2. The average molecular weight is 296 g/mol. The number of amides is 1. The lowest BCUT2D eigenvalue weighted by molar-refractivity contribution is 0.0941. The van der Waals surface area contributed by atoms with Crippen LogP contribution in [0.5, 0.6) is 0 Å². The summed E-state index contributed by atoms with van der Waals surface area (Å²) in [5.41, 5.74) is 6.09. The molecule has 0 bridgehead atoms. The predicted octanol–water partition coefficient (Wildman–Crippen LogP) is 2.26. The molecule has 108 valence electrons. The standard InChI is InChI=1S/C14H17FN2O2S/c1-8(6-16)17-14(18)13-9(7-19-2)12-10(15)4-3-5-11(12)20-13/h3-5,8H,6-7,16H2,1-2H3,(H,17,18)/t8-/m0/s1. The number of ether oxygens (including phenoxy) is 1. The lowest BCUT2D eigenvalue weighted by Crippen LogP contribution is -2.37. The van der Waals surface area contributed by atoms with Crippen molar-refractivity contribution < 1.29 is 13.9 Å². The lowest BCUT2D eigenvalue weighted by atomic mass is 10.1. The summed E-state index contributed by atoms with van der Waals surface area (Å²) < 4.78 is 19.8. The number of carbonyl (C=O) groups is 1. The number of fused-ring (bicyclic) bond motifs is 1. The number of rotatable bonds is 5. The Labute approximate surface area is 120 Å². The van der Waals surface area contributed by atoms with Crippen LogP contribution >= 0.6 is 11.3 Å². The number of hydrogen-bond donors (Lipinski definition) is 2. The molecule has 6 heteroatoms. The van der Waals surface area contributed by atoms with E-state index in [-0.39, 0.29) is 24.4 Å². The van der Waals surface area contributed by atoms with E-state index in [1.165, 1.54) is 24.5 Å². The van der Waals surface area contributed by atoms with Gasteiger partial charge in [-0.15, -0.1) is 11.3 Å². The number of benzene rings is 1. The van der Waals surface area contributed by atoms with Gasteiger partial charge in [0.2, 0.25) is 0 Å². The SMILES string of the molecule is COCc1c(C(=O)N[C@@H](C)CN)sc2cccc(F)c12. The first kappa shape index (κ1) is 14.9. The van der Waals surface area contributed by atoms with E-state index in [1.807, 2.05) is 6.92 Å². The van der Waals surface area contributed by atoms with Gasteiger partial charge in [0.1, 0.15) is 5.82 Å². The van der Waals surface area contributed by atoms with E-state index >= 15 is 0 Å². The second-order valence-corrected chi connectivity index (χ2v) is 5.62. The lowest BCUT2D eigenvalue weighted by Gasteiger charge is -2.11. The Kier molecular flexibility index (Phi) is 4.69. The molecular formula is C14H17FN2O2S. The molecule has 0 aliphatic rings. The molecule has 0 spiro atoms. The molecule has 2 aromatic rings. The van der Waals surface area contributed by atoms with Crippen molar-refractivity contribution in [2.24, 2.45) is 5.73 Å². The fraction of sp³-hybridized carbons (Fsp3) is 0.357. The molecule has 0 fully saturated rings. The van der Waals surface area contributed by atoms with Gasteiger partial charge in [-0.3, -0.25) is 4.79 Å². The minimum Gasteiger partial charge on any atom is -0.380 e. The number of hydrogen-bond acceptors (Lipinski definition) is 4. The number of methoxy groups -OCH3 is 1. The van der Waals surface area contributed by atoms with E-state index in [0.29, 0.717) is 22.4 Å². The van der Waals surface area contributed by atoms with Crippen molar-refractivity contribution >= 4 is 27.3 Å². The normalized spacial score (nSPS) is 12.6. The van der Waals surface area contributed by atoms with Gasteiger partial charge in [-0.05, 0) is 19.1 Å². The van der Waals surface area contributed by atoms with Gasteiger partial charge in [-0.25, -0.2) is 4.39 Å². The van der Waals surface area contributed by atoms with Crippen molar-refractivity contribution in [2.75, 3.05) is 13.7 Å². The largest absolute Gasteiger partial charge is 0.380 e. The van der Waals surface area contributed by atoms with Crippen molar-refractivity contribution in [3.63, 3.8) is 0 Å². The van der Waals surface area contributed by atoms with Gasteiger partial charge in [0.25, 0.3) is 5.91 Å². The van der Waals surface area contributed by atoms with Crippen molar-refractivity contribution in [2.45, 2.75) is 19.6 Å². The third-order valence-corrected chi connectivity index (χ3v) is 4.19. The minimum atomic E-state index is -0.336. The summed E-state index contributed by atoms with van der Waals surface area (Å²) in [5, 5.41) is 3.26. The highest BCUT2D eigenvalue weighted by atomic mass is 32.1. The van der Waals surface area contributed by atoms with Gasteiger partial charge in [0.05, 0.1) is 11.5 Å². The highest BCUT2D eigenvalue weighted by molar-refractivity contribution is 7.21. The fourth-order valence-electron chi connectivity index (χ4n) is 1.98. The second-order valence-electron chi connectivity index (χ2n) is 4.57. The van der Waals surface area contributed by atoms with Crippen LogP contribution in [0.25, 0.3) is 10.1 Å². The number of halogens is 1. The minimum absolute atomic E-state index is 0.132. The summed E-state index contributed by atoms with van der Waals surface area (Å²) in [7, 11) is 1.52. The summed E-state index contributed by atoms with van der Waals surface area (Å²) in [4.78, 5) is 12.7. The molecular weight excluding hydrogens is 279 g/mol. The smallest absolute Gasteiger partial charge is 0.262 e. The molecule has 1 amide bonds. The first-order chi connectivity index (χ1) is 9.58. The fourth-order valence-corrected chi connectivity index (χ4v) is 3.11. The summed E-state index contributed by atoms with van der Waals surface area (Å²) in [6.07, 6.45) is 0. The van der Waals surface area contributed by atoms with E-state index < -0.39 is 0 Å².